The predicted octanol–water partition coefficient (Wildman–Crippen LogP) is 1.96. The van der Waals surface area contributed by atoms with E-state index in [4.69, 9.17) is 0 Å². The minimum Gasteiger partial charge on any atom is -0.355 e. The summed E-state index contributed by atoms with van der Waals surface area (Å²) >= 11 is 0. The molecule has 0 aromatic carbocycles. The van der Waals surface area contributed by atoms with Gasteiger partial charge < -0.3 is 10.6 Å². The van der Waals surface area contributed by atoms with E-state index < -0.39 is 0 Å². The summed E-state index contributed by atoms with van der Waals surface area (Å²) < 4.78 is 0. The third-order valence-corrected chi connectivity index (χ3v) is 5.29. The summed E-state index contributed by atoms with van der Waals surface area (Å²) in [5.74, 6) is 2.52. The Kier molecular flexibility index (Phi) is 4.22. The Bertz CT molecular complexity index is 323. The molecule has 0 bridgehead atoms. The molecule has 1 amide bonds. The van der Waals surface area contributed by atoms with Crippen molar-refractivity contribution in [2.75, 3.05) is 19.6 Å². The molecule has 3 aliphatic rings. The van der Waals surface area contributed by atoms with Crippen molar-refractivity contribution < 1.29 is 4.79 Å². The standard InChI is InChI=1S/C14H24N2O.ClH/c1-10-6-11(10)7-16-13(17)14-5-3-2-4-12(14)8-15-9-14;/h10-12,15H,2-9H2,1H3,(H,16,17);1H/t10?,11?,12-,14+;/m0./s1. The van der Waals surface area contributed by atoms with Gasteiger partial charge in [0.25, 0.3) is 0 Å². The molecule has 3 rings (SSSR count). The van der Waals surface area contributed by atoms with Crippen LogP contribution in [-0.4, -0.2) is 25.5 Å². The van der Waals surface area contributed by atoms with Crippen molar-refractivity contribution in [3.8, 4) is 0 Å². The summed E-state index contributed by atoms with van der Waals surface area (Å²) in [4.78, 5) is 12.5. The van der Waals surface area contributed by atoms with Gasteiger partial charge in [-0.2, -0.15) is 0 Å². The van der Waals surface area contributed by atoms with E-state index in [1.54, 1.807) is 0 Å². The summed E-state index contributed by atoms with van der Waals surface area (Å²) in [6.45, 7) is 5.14. The van der Waals surface area contributed by atoms with Crippen molar-refractivity contribution in [3.05, 3.63) is 0 Å². The number of rotatable bonds is 3. The average molecular weight is 273 g/mol. The van der Waals surface area contributed by atoms with Gasteiger partial charge in [0.15, 0.2) is 0 Å². The van der Waals surface area contributed by atoms with E-state index in [9.17, 15) is 4.79 Å². The van der Waals surface area contributed by atoms with Gasteiger partial charge in [-0.25, -0.2) is 0 Å². The van der Waals surface area contributed by atoms with Gasteiger partial charge in [0.1, 0.15) is 0 Å². The number of fused-ring (bicyclic) bond motifs is 1. The van der Waals surface area contributed by atoms with Crippen molar-refractivity contribution in [2.45, 2.75) is 39.0 Å². The van der Waals surface area contributed by atoms with Crippen molar-refractivity contribution >= 4 is 18.3 Å². The molecule has 0 aromatic heterocycles. The second kappa shape index (κ2) is 5.38. The topological polar surface area (TPSA) is 41.1 Å². The zero-order valence-electron chi connectivity index (χ0n) is 11.2. The van der Waals surface area contributed by atoms with Gasteiger partial charge in [-0.1, -0.05) is 19.8 Å². The number of carbonyl (C=O) groups is 1. The predicted molar refractivity (Wildman–Crippen MR) is 74.8 cm³/mol. The fourth-order valence-corrected chi connectivity index (χ4v) is 3.77. The van der Waals surface area contributed by atoms with E-state index in [1.165, 1.54) is 25.7 Å². The first-order chi connectivity index (χ1) is 8.22. The highest BCUT2D eigenvalue weighted by Gasteiger charge is 2.50. The molecule has 1 aliphatic heterocycles. The van der Waals surface area contributed by atoms with Crippen molar-refractivity contribution in [3.63, 3.8) is 0 Å². The Balaban J connectivity index is 0.00000120. The molecule has 2 N–H and O–H groups in total. The van der Waals surface area contributed by atoms with Crippen molar-refractivity contribution in [1.82, 2.24) is 10.6 Å². The van der Waals surface area contributed by atoms with Gasteiger partial charge >= 0.3 is 0 Å². The Morgan fingerprint density at radius 2 is 2.22 bits per heavy atom. The smallest absolute Gasteiger partial charge is 0.227 e. The monoisotopic (exact) mass is 272 g/mol. The van der Waals surface area contributed by atoms with Gasteiger partial charge in [-0.05, 0) is 43.6 Å². The quantitative estimate of drug-likeness (QED) is 0.825. The first-order valence-corrected chi connectivity index (χ1v) is 7.21. The molecular formula is C14H25ClN2O. The van der Waals surface area contributed by atoms with Crippen LogP contribution in [0.2, 0.25) is 0 Å². The van der Waals surface area contributed by atoms with E-state index in [2.05, 4.69) is 17.6 Å². The largest absolute Gasteiger partial charge is 0.355 e. The molecule has 2 aliphatic carbocycles. The number of hydrogen-bond donors (Lipinski definition) is 2. The van der Waals surface area contributed by atoms with Gasteiger partial charge in [0.2, 0.25) is 5.91 Å². The van der Waals surface area contributed by atoms with Crippen LogP contribution in [0.25, 0.3) is 0 Å². The maximum Gasteiger partial charge on any atom is 0.227 e. The van der Waals surface area contributed by atoms with Gasteiger partial charge in [-0.3, -0.25) is 4.79 Å². The molecule has 2 saturated carbocycles. The highest BCUT2D eigenvalue weighted by Crippen LogP contribution is 2.44. The molecule has 1 saturated heterocycles. The second-order valence-electron chi connectivity index (χ2n) is 6.41. The maximum absolute atomic E-state index is 12.5. The lowest BCUT2D eigenvalue weighted by atomic mass is 9.67. The molecule has 3 fully saturated rings. The molecule has 0 radical (unpaired) electrons. The molecule has 2 unspecified atom stereocenters. The SMILES string of the molecule is CC1CC1CNC(=O)[C@@]12CCCC[C@H]1CNC2.Cl. The highest BCUT2D eigenvalue weighted by atomic mass is 35.5. The number of carbonyl (C=O) groups excluding carboxylic acids is 1. The molecule has 0 spiro atoms. The van der Waals surface area contributed by atoms with Gasteiger partial charge in [0.05, 0.1) is 5.41 Å². The molecule has 3 nitrogen and oxygen atoms in total. The van der Waals surface area contributed by atoms with Crippen LogP contribution < -0.4 is 10.6 Å². The van der Waals surface area contributed by atoms with Crippen LogP contribution in [0.4, 0.5) is 0 Å². The Hall–Kier alpha value is -0.280. The Morgan fingerprint density at radius 3 is 2.94 bits per heavy atom. The number of halogens is 1. The van der Waals surface area contributed by atoms with Crippen LogP contribution in [0.15, 0.2) is 0 Å². The van der Waals surface area contributed by atoms with Crippen LogP contribution in [0.3, 0.4) is 0 Å². The van der Waals surface area contributed by atoms with Crippen LogP contribution in [0, 0.1) is 23.2 Å². The number of nitrogens with one attached hydrogen (secondary N) is 2. The zero-order chi connectivity index (χ0) is 11.9. The Morgan fingerprint density at radius 1 is 1.44 bits per heavy atom. The molecule has 0 aromatic rings. The van der Waals surface area contributed by atoms with Crippen LogP contribution in [0.5, 0.6) is 0 Å². The van der Waals surface area contributed by atoms with E-state index in [0.717, 1.165) is 37.9 Å². The van der Waals surface area contributed by atoms with Crippen LogP contribution in [-0.2, 0) is 4.79 Å². The van der Waals surface area contributed by atoms with E-state index >= 15 is 0 Å². The molecule has 104 valence electrons. The van der Waals surface area contributed by atoms with Crippen molar-refractivity contribution in [2.24, 2.45) is 23.2 Å². The zero-order valence-corrected chi connectivity index (χ0v) is 12.0. The fourth-order valence-electron chi connectivity index (χ4n) is 3.77. The van der Waals surface area contributed by atoms with Crippen LogP contribution in [0.1, 0.15) is 39.0 Å². The molecule has 1 heterocycles. The van der Waals surface area contributed by atoms with E-state index in [1.807, 2.05) is 0 Å². The first-order valence-electron chi connectivity index (χ1n) is 7.21. The van der Waals surface area contributed by atoms with E-state index in [-0.39, 0.29) is 17.8 Å². The van der Waals surface area contributed by atoms with Gasteiger partial charge in [0, 0.05) is 13.1 Å². The van der Waals surface area contributed by atoms with Crippen LogP contribution >= 0.6 is 12.4 Å². The average Bonchev–Trinajstić information content (AvgIpc) is 2.89. The summed E-state index contributed by atoms with van der Waals surface area (Å²) in [6, 6.07) is 0. The third kappa shape index (κ3) is 2.39. The lowest BCUT2D eigenvalue weighted by molar-refractivity contribution is -0.134. The fraction of sp³-hybridized carbons (Fsp3) is 0.929. The van der Waals surface area contributed by atoms with E-state index in [0.29, 0.717) is 11.8 Å². The molecule has 4 heteroatoms. The maximum atomic E-state index is 12.5. The summed E-state index contributed by atoms with van der Waals surface area (Å²) in [7, 11) is 0. The van der Waals surface area contributed by atoms with Crippen molar-refractivity contribution in [1.29, 1.82) is 0 Å². The van der Waals surface area contributed by atoms with Gasteiger partial charge in [-0.15, -0.1) is 12.4 Å². The number of hydrogen-bond acceptors (Lipinski definition) is 2. The Labute approximate surface area is 116 Å². The molecule has 4 atom stereocenters. The lowest BCUT2D eigenvalue weighted by Gasteiger charge is -2.37. The minimum atomic E-state index is -0.0591. The summed E-state index contributed by atoms with van der Waals surface area (Å²) in [5, 5.41) is 6.67. The molecular weight excluding hydrogens is 248 g/mol. The summed E-state index contributed by atoms with van der Waals surface area (Å²) in [6.07, 6.45) is 6.17. The molecule has 18 heavy (non-hydrogen) atoms. The minimum absolute atomic E-state index is 0. The lowest BCUT2D eigenvalue weighted by Crippen LogP contribution is -2.48. The number of amides is 1. The highest BCUT2D eigenvalue weighted by molar-refractivity contribution is 5.85. The first kappa shape index (κ1) is 14.1. The second-order valence-corrected chi connectivity index (χ2v) is 6.41. The normalized spacial score (nSPS) is 41.7. The third-order valence-electron chi connectivity index (χ3n) is 5.29. The summed E-state index contributed by atoms with van der Waals surface area (Å²) in [5.41, 5.74) is -0.0591.